The van der Waals surface area contributed by atoms with Gasteiger partial charge in [-0.05, 0) is 42.0 Å². The number of amides is 1. The Morgan fingerprint density at radius 2 is 1.74 bits per heavy atom. The number of carbonyl (C=O) groups is 2. The molecule has 162 valence electrons. The Labute approximate surface area is 183 Å². The van der Waals surface area contributed by atoms with Crippen molar-refractivity contribution in [1.82, 2.24) is 10.2 Å². The Morgan fingerprint density at radius 1 is 1.00 bits per heavy atom. The standard InChI is InChI=1S/C21H21N3O6S/c1-27-16-9-4-13(10-17(16)28-2)11-19-23-24-21(30-19)31-12-18(25)22-15-7-5-14(6-8-15)20(26)29-3/h4-10H,11-12H2,1-3H3,(H,22,25). The molecule has 10 heteroatoms. The predicted molar refractivity (Wildman–Crippen MR) is 114 cm³/mol. The third kappa shape index (κ3) is 5.98. The van der Waals surface area contributed by atoms with Gasteiger partial charge in [0, 0.05) is 5.69 Å². The second-order valence-corrected chi connectivity index (χ2v) is 7.16. The van der Waals surface area contributed by atoms with E-state index in [4.69, 9.17) is 13.9 Å². The summed E-state index contributed by atoms with van der Waals surface area (Å²) in [6.45, 7) is 0. The van der Waals surface area contributed by atoms with Crippen molar-refractivity contribution >= 4 is 29.3 Å². The lowest BCUT2D eigenvalue weighted by molar-refractivity contribution is -0.113. The molecule has 0 fully saturated rings. The summed E-state index contributed by atoms with van der Waals surface area (Å²) in [6.07, 6.45) is 0.423. The monoisotopic (exact) mass is 443 g/mol. The molecule has 0 spiro atoms. The minimum absolute atomic E-state index is 0.0940. The quantitative estimate of drug-likeness (QED) is 0.393. The van der Waals surface area contributed by atoms with Gasteiger partial charge in [-0.25, -0.2) is 4.79 Å². The van der Waals surface area contributed by atoms with Crippen molar-refractivity contribution < 1.29 is 28.2 Å². The van der Waals surface area contributed by atoms with Gasteiger partial charge in [0.1, 0.15) is 0 Å². The van der Waals surface area contributed by atoms with E-state index in [-0.39, 0.29) is 11.7 Å². The number of thioether (sulfide) groups is 1. The SMILES string of the molecule is COC(=O)c1ccc(NC(=O)CSc2nnc(Cc3ccc(OC)c(OC)c3)o2)cc1. The van der Waals surface area contributed by atoms with E-state index >= 15 is 0 Å². The summed E-state index contributed by atoms with van der Waals surface area (Å²) in [7, 11) is 4.46. The Kier molecular flexibility index (Phi) is 7.50. The van der Waals surface area contributed by atoms with Crippen LogP contribution in [0.25, 0.3) is 0 Å². The fourth-order valence-corrected chi connectivity index (χ4v) is 3.25. The van der Waals surface area contributed by atoms with Gasteiger partial charge in [0.25, 0.3) is 5.22 Å². The van der Waals surface area contributed by atoms with Crippen LogP contribution in [0.1, 0.15) is 21.8 Å². The first-order valence-corrected chi connectivity index (χ1v) is 10.1. The molecular formula is C21H21N3O6S. The number of anilines is 1. The Bertz CT molecular complexity index is 1050. The van der Waals surface area contributed by atoms with Gasteiger partial charge in [-0.2, -0.15) is 0 Å². The molecule has 1 aromatic heterocycles. The fourth-order valence-electron chi connectivity index (χ4n) is 2.67. The van der Waals surface area contributed by atoms with Crippen LogP contribution in [0.15, 0.2) is 52.1 Å². The number of ether oxygens (including phenoxy) is 3. The van der Waals surface area contributed by atoms with Gasteiger partial charge in [-0.15, -0.1) is 10.2 Å². The van der Waals surface area contributed by atoms with Gasteiger partial charge < -0.3 is 23.9 Å². The lowest BCUT2D eigenvalue weighted by atomic mass is 10.1. The van der Waals surface area contributed by atoms with E-state index in [9.17, 15) is 9.59 Å². The Hall–Kier alpha value is -3.53. The first-order chi connectivity index (χ1) is 15.0. The van der Waals surface area contributed by atoms with Crippen molar-refractivity contribution in [2.45, 2.75) is 11.6 Å². The third-order valence-corrected chi connectivity index (χ3v) is 4.99. The average Bonchev–Trinajstić information content (AvgIpc) is 3.24. The summed E-state index contributed by atoms with van der Waals surface area (Å²) in [4.78, 5) is 23.6. The summed E-state index contributed by atoms with van der Waals surface area (Å²) in [5.74, 6) is 1.10. The number of nitrogens with one attached hydrogen (secondary N) is 1. The topological polar surface area (TPSA) is 113 Å². The van der Waals surface area contributed by atoms with Crippen molar-refractivity contribution in [2.75, 3.05) is 32.4 Å². The van der Waals surface area contributed by atoms with Crippen LogP contribution in [0, 0.1) is 0 Å². The zero-order chi connectivity index (χ0) is 22.2. The number of hydrogen-bond acceptors (Lipinski definition) is 9. The van der Waals surface area contributed by atoms with E-state index in [1.165, 1.54) is 7.11 Å². The van der Waals surface area contributed by atoms with Gasteiger partial charge in [0.15, 0.2) is 11.5 Å². The van der Waals surface area contributed by atoms with Gasteiger partial charge in [-0.1, -0.05) is 17.8 Å². The van der Waals surface area contributed by atoms with E-state index in [0.717, 1.165) is 17.3 Å². The zero-order valence-corrected chi connectivity index (χ0v) is 18.0. The van der Waals surface area contributed by atoms with Crippen LogP contribution in [0.5, 0.6) is 11.5 Å². The van der Waals surface area contributed by atoms with Crippen LogP contribution in [-0.4, -0.2) is 49.2 Å². The molecule has 2 aromatic carbocycles. The summed E-state index contributed by atoms with van der Waals surface area (Å²) >= 11 is 1.13. The second-order valence-electron chi connectivity index (χ2n) is 6.23. The Morgan fingerprint density at radius 3 is 2.42 bits per heavy atom. The van der Waals surface area contributed by atoms with Crippen molar-refractivity contribution in [2.24, 2.45) is 0 Å². The van der Waals surface area contributed by atoms with Crippen LogP contribution in [0.2, 0.25) is 0 Å². The molecule has 0 radical (unpaired) electrons. The van der Waals surface area contributed by atoms with Crippen LogP contribution in [0.3, 0.4) is 0 Å². The van der Waals surface area contributed by atoms with Gasteiger partial charge >= 0.3 is 5.97 Å². The van der Waals surface area contributed by atoms with Crippen molar-refractivity contribution in [1.29, 1.82) is 0 Å². The molecule has 3 rings (SSSR count). The Balaban J connectivity index is 1.52. The maximum Gasteiger partial charge on any atom is 0.337 e. The minimum Gasteiger partial charge on any atom is -0.493 e. The molecule has 9 nitrogen and oxygen atoms in total. The third-order valence-electron chi connectivity index (χ3n) is 4.17. The largest absolute Gasteiger partial charge is 0.493 e. The lowest BCUT2D eigenvalue weighted by Crippen LogP contribution is -2.14. The van der Waals surface area contributed by atoms with Crippen molar-refractivity contribution in [3.63, 3.8) is 0 Å². The number of hydrogen-bond donors (Lipinski definition) is 1. The van der Waals surface area contributed by atoms with Crippen LogP contribution >= 0.6 is 11.8 Å². The molecule has 0 saturated heterocycles. The van der Waals surface area contributed by atoms with Gasteiger partial charge in [0.2, 0.25) is 11.8 Å². The maximum atomic E-state index is 12.2. The average molecular weight is 443 g/mol. The molecule has 0 unspecified atom stereocenters. The molecule has 3 aromatic rings. The van der Waals surface area contributed by atoms with Crippen LogP contribution in [0.4, 0.5) is 5.69 Å². The summed E-state index contributed by atoms with van der Waals surface area (Å²) in [6, 6.07) is 11.9. The molecule has 1 amide bonds. The highest BCUT2D eigenvalue weighted by Crippen LogP contribution is 2.28. The summed E-state index contributed by atoms with van der Waals surface area (Å²) in [5.41, 5.74) is 1.90. The highest BCUT2D eigenvalue weighted by atomic mass is 32.2. The summed E-state index contributed by atoms with van der Waals surface area (Å²) in [5, 5.41) is 11.0. The van der Waals surface area contributed by atoms with Crippen LogP contribution < -0.4 is 14.8 Å². The second kappa shape index (κ2) is 10.5. The summed E-state index contributed by atoms with van der Waals surface area (Å²) < 4.78 is 20.8. The molecule has 1 heterocycles. The van der Waals surface area contributed by atoms with E-state index < -0.39 is 5.97 Å². The molecular weight excluding hydrogens is 422 g/mol. The highest BCUT2D eigenvalue weighted by Gasteiger charge is 2.12. The fraction of sp³-hybridized carbons (Fsp3) is 0.238. The lowest BCUT2D eigenvalue weighted by Gasteiger charge is -2.08. The van der Waals surface area contributed by atoms with E-state index in [2.05, 4.69) is 20.3 Å². The smallest absolute Gasteiger partial charge is 0.337 e. The van der Waals surface area contributed by atoms with Crippen LogP contribution in [-0.2, 0) is 16.0 Å². The molecule has 0 atom stereocenters. The number of benzene rings is 2. The first-order valence-electron chi connectivity index (χ1n) is 9.16. The highest BCUT2D eigenvalue weighted by molar-refractivity contribution is 7.99. The number of aromatic nitrogens is 2. The molecule has 0 saturated carbocycles. The number of rotatable bonds is 9. The van der Waals surface area contributed by atoms with Gasteiger partial charge in [0.05, 0.1) is 39.1 Å². The first kappa shape index (κ1) is 22.2. The van der Waals surface area contributed by atoms with Gasteiger partial charge in [-0.3, -0.25) is 4.79 Å². The number of carbonyl (C=O) groups excluding carboxylic acids is 2. The predicted octanol–water partition coefficient (Wildman–Crippen LogP) is 3.20. The molecule has 0 aliphatic carbocycles. The molecule has 0 aliphatic rings. The molecule has 31 heavy (non-hydrogen) atoms. The normalized spacial score (nSPS) is 10.4. The molecule has 0 aliphatic heterocycles. The van der Waals surface area contributed by atoms with Crippen molar-refractivity contribution in [3.05, 3.63) is 59.5 Å². The maximum absolute atomic E-state index is 12.2. The zero-order valence-electron chi connectivity index (χ0n) is 17.2. The molecule has 1 N–H and O–H groups in total. The van der Waals surface area contributed by atoms with Crippen molar-refractivity contribution in [3.8, 4) is 11.5 Å². The number of esters is 1. The van der Waals surface area contributed by atoms with E-state index in [1.807, 2.05) is 18.2 Å². The number of methoxy groups -OCH3 is 3. The minimum atomic E-state index is -0.436. The van der Waals surface area contributed by atoms with E-state index in [1.54, 1.807) is 38.5 Å². The number of nitrogens with zero attached hydrogens (tertiary/aromatic N) is 2. The molecule has 0 bridgehead atoms. The van der Waals surface area contributed by atoms with E-state index in [0.29, 0.717) is 40.3 Å².